The van der Waals surface area contributed by atoms with Crippen molar-refractivity contribution < 1.29 is 15.0 Å². The molecule has 0 amide bonds. The van der Waals surface area contributed by atoms with Crippen LogP contribution in [-0.4, -0.2) is 22.8 Å². The lowest BCUT2D eigenvalue weighted by Crippen LogP contribution is -1.98. The van der Waals surface area contributed by atoms with Gasteiger partial charge >= 0.3 is 5.97 Å². The average Bonchev–Trinajstić information content (AvgIpc) is 2.08. The summed E-state index contributed by atoms with van der Waals surface area (Å²) in [6.45, 7) is 9.46. The van der Waals surface area contributed by atoms with Crippen LogP contribution >= 0.6 is 0 Å². The summed E-state index contributed by atoms with van der Waals surface area (Å²) in [6.07, 6.45) is 1.81. The van der Waals surface area contributed by atoms with Gasteiger partial charge in [-0.1, -0.05) is 6.58 Å². The Hall–Kier alpha value is -1.09. The summed E-state index contributed by atoms with van der Waals surface area (Å²) < 4.78 is 0. The molecule has 0 aromatic heterocycles. The molecular weight excluding hydrogens is 156 g/mol. The molecule has 2 N–H and O–H groups in total. The van der Waals surface area contributed by atoms with Crippen molar-refractivity contribution in [2.75, 3.05) is 6.61 Å². The van der Waals surface area contributed by atoms with Crippen LogP contribution < -0.4 is 0 Å². The average molecular weight is 172 g/mol. The number of unbranched alkanes of at least 4 members (excludes halogenated alkanes) is 1. The minimum atomic E-state index is -0.946. The summed E-state index contributed by atoms with van der Waals surface area (Å²) in [7, 11) is 0. The second kappa shape index (κ2) is 9.91. The molecule has 3 heteroatoms. The van der Waals surface area contributed by atoms with Crippen LogP contribution in [0.4, 0.5) is 0 Å². The van der Waals surface area contributed by atoms with Crippen molar-refractivity contribution in [2.24, 2.45) is 0 Å². The van der Waals surface area contributed by atoms with Crippen LogP contribution in [0.3, 0.4) is 0 Å². The molecule has 0 aromatic carbocycles. The molecule has 0 spiro atoms. The maximum Gasteiger partial charge on any atom is 0.330 e. The number of aliphatic hydroxyl groups is 1. The summed E-state index contributed by atoms with van der Waals surface area (Å²) in [5, 5.41) is 16.7. The Morgan fingerprint density at radius 3 is 2.08 bits per heavy atom. The number of rotatable bonds is 5. The van der Waals surface area contributed by atoms with Crippen LogP contribution in [0.1, 0.15) is 19.3 Å². The predicted molar refractivity (Wildman–Crippen MR) is 49.0 cm³/mol. The molecular formula is C9H16O3. The smallest absolute Gasteiger partial charge is 0.330 e. The molecule has 0 heterocycles. The Balaban J connectivity index is 0. The van der Waals surface area contributed by atoms with Crippen molar-refractivity contribution in [1.29, 1.82) is 0 Å². The Labute approximate surface area is 73.0 Å². The second-order valence-electron chi connectivity index (χ2n) is 2.09. The standard InChI is InChI=1S/C7H12O3.C2H4/c1-6(7(9)10)4-2-3-5-8;1-2/h8H,1-5H2,(H,9,10);1-2H2. The normalized spacial score (nSPS) is 8.08. The highest BCUT2D eigenvalue weighted by Gasteiger charge is 2.01. The molecule has 0 unspecified atom stereocenters. The Morgan fingerprint density at radius 2 is 1.75 bits per heavy atom. The first-order chi connectivity index (χ1) is 5.68. The van der Waals surface area contributed by atoms with E-state index in [1.165, 1.54) is 0 Å². The van der Waals surface area contributed by atoms with Crippen molar-refractivity contribution in [2.45, 2.75) is 19.3 Å². The third kappa shape index (κ3) is 8.91. The van der Waals surface area contributed by atoms with E-state index in [1.807, 2.05) is 0 Å². The number of carboxylic acid groups (broad SMARTS) is 1. The molecule has 0 atom stereocenters. The quantitative estimate of drug-likeness (QED) is 0.376. The number of aliphatic hydroxyl groups excluding tert-OH is 1. The van der Waals surface area contributed by atoms with Crippen LogP contribution in [0.2, 0.25) is 0 Å². The lowest BCUT2D eigenvalue weighted by Gasteiger charge is -1.96. The highest BCUT2D eigenvalue weighted by Crippen LogP contribution is 2.03. The van der Waals surface area contributed by atoms with Gasteiger partial charge in [0.15, 0.2) is 0 Å². The summed E-state index contributed by atoms with van der Waals surface area (Å²) in [4.78, 5) is 10.1. The van der Waals surface area contributed by atoms with E-state index in [4.69, 9.17) is 10.2 Å². The Morgan fingerprint density at radius 1 is 1.25 bits per heavy atom. The highest BCUT2D eigenvalue weighted by atomic mass is 16.4. The van der Waals surface area contributed by atoms with Crippen LogP contribution in [-0.2, 0) is 4.79 Å². The molecule has 0 aliphatic carbocycles. The molecule has 0 radical (unpaired) electrons. The second-order valence-corrected chi connectivity index (χ2v) is 2.09. The number of hydrogen-bond donors (Lipinski definition) is 2. The first kappa shape index (κ1) is 13.5. The molecule has 0 saturated heterocycles. The molecule has 0 fully saturated rings. The molecule has 0 aliphatic rings. The summed E-state index contributed by atoms with van der Waals surface area (Å²) in [5.41, 5.74) is 0.216. The number of hydrogen-bond acceptors (Lipinski definition) is 2. The van der Waals surface area contributed by atoms with E-state index in [2.05, 4.69) is 19.7 Å². The maximum atomic E-state index is 10.1. The zero-order chi connectivity index (χ0) is 9.98. The van der Waals surface area contributed by atoms with Gasteiger partial charge in [0.25, 0.3) is 0 Å². The van der Waals surface area contributed by atoms with Crippen LogP contribution in [0.25, 0.3) is 0 Å². The van der Waals surface area contributed by atoms with Crippen molar-refractivity contribution >= 4 is 5.97 Å². The van der Waals surface area contributed by atoms with Gasteiger partial charge in [0.05, 0.1) is 0 Å². The summed E-state index contributed by atoms with van der Waals surface area (Å²) in [6, 6.07) is 0. The fourth-order valence-corrected chi connectivity index (χ4v) is 0.557. The summed E-state index contributed by atoms with van der Waals surface area (Å²) >= 11 is 0. The molecule has 0 bridgehead atoms. The molecule has 12 heavy (non-hydrogen) atoms. The predicted octanol–water partition coefficient (Wildman–Crippen LogP) is 1.59. The zero-order valence-corrected chi connectivity index (χ0v) is 7.25. The molecule has 0 rings (SSSR count). The van der Waals surface area contributed by atoms with Gasteiger partial charge in [0.1, 0.15) is 0 Å². The van der Waals surface area contributed by atoms with Crippen LogP contribution in [0.5, 0.6) is 0 Å². The first-order valence-electron chi connectivity index (χ1n) is 3.70. The van der Waals surface area contributed by atoms with E-state index < -0.39 is 5.97 Å². The van der Waals surface area contributed by atoms with Gasteiger partial charge in [-0.15, -0.1) is 13.2 Å². The van der Waals surface area contributed by atoms with E-state index in [1.54, 1.807) is 0 Å². The SMILES string of the molecule is C=C.C=C(CCCCO)C(=O)O. The topological polar surface area (TPSA) is 57.5 Å². The van der Waals surface area contributed by atoms with Crippen molar-refractivity contribution in [3.8, 4) is 0 Å². The van der Waals surface area contributed by atoms with Gasteiger partial charge in [-0.05, 0) is 19.3 Å². The third-order valence-electron chi connectivity index (χ3n) is 1.19. The Kier molecular flexibility index (Phi) is 11.1. The molecule has 3 nitrogen and oxygen atoms in total. The largest absolute Gasteiger partial charge is 0.478 e. The maximum absolute atomic E-state index is 10.1. The lowest BCUT2D eigenvalue weighted by molar-refractivity contribution is -0.132. The van der Waals surface area contributed by atoms with E-state index in [0.717, 1.165) is 0 Å². The van der Waals surface area contributed by atoms with E-state index >= 15 is 0 Å². The van der Waals surface area contributed by atoms with Gasteiger partial charge in [-0.2, -0.15) is 0 Å². The lowest BCUT2D eigenvalue weighted by atomic mass is 10.1. The van der Waals surface area contributed by atoms with E-state index in [-0.39, 0.29) is 12.2 Å². The zero-order valence-electron chi connectivity index (χ0n) is 7.25. The number of carboxylic acids is 1. The molecule has 0 saturated carbocycles. The summed E-state index contributed by atoms with van der Waals surface area (Å²) in [5.74, 6) is -0.946. The number of aliphatic carboxylic acids is 1. The van der Waals surface area contributed by atoms with Gasteiger partial charge < -0.3 is 10.2 Å². The molecule has 70 valence electrons. The van der Waals surface area contributed by atoms with Crippen molar-refractivity contribution in [3.05, 3.63) is 25.3 Å². The molecule has 0 aliphatic heterocycles. The first-order valence-corrected chi connectivity index (χ1v) is 3.70. The third-order valence-corrected chi connectivity index (χ3v) is 1.19. The minimum absolute atomic E-state index is 0.118. The van der Waals surface area contributed by atoms with E-state index in [9.17, 15) is 4.79 Å². The van der Waals surface area contributed by atoms with Gasteiger partial charge in [-0.3, -0.25) is 0 Å². The monoisotopic (exact) mass is 172 g/mol. The highest BCUT2D eigenvalue weighted by molar-refractivity contribution is 5.85. The van der Waals surface area contributed by atoms with Gasteiger partial charge in [0.2, 0.25) is 0 Å². The Bertz CT molecular complexity index is 141. The van der Waals surface area contributed by atoms with Crippen LogP contribution in [0, 0.1) is 0 Å². The molecule has 0 aromatic rings. The fraction of sp³-hybridized carbons (Fsp3) is 0.444. The van der Waals surface area contributed by atoms with E-state index in [0.29, 0.717) is 19.3 Å². The van der Waals surface area contributed by atoms with Crippen LogP contribution in [0.15, 0.2) is 25.3 Å². The van der Waals surface area contributed by atoms with Crippen molar-refractivity contribution in [3.63, 3.8) is 0 Å². The minimum Gasteiger partial charge on any atom is -0.478 e. The van der Waals surface area contributed by atoms with Gasteiger partial charge in [0, 0.05) is 12.2 Å². The van der Waals surface area contributed by atoms with Gasteiger partial charge in [-0.25, -0.2) is 4.79 Å². The number of carbonyl (C=O) groups is 1. The van der Waals surface area contributed by atoms with Crippen molar-refractivity contribution in [1.82, 2.24) is 0 Å². The fourth-order valence-electron chi connectivity index (χ4n) is 0.557.